The van der Waals surface area contributed by atoms with Crippen LogP contribution in [0.2, 0.25) is 0 Å². The van der Waals surface area contributed by atoms with E-state index in [0.29, 0.717) is 34.7 Å². The van der Waals surface area contributed by atoms with Crippen LogP contribution in [-0.4, -0.2) is 51.7 Å². The fourth-order valence-corrected chi connectivity index (χ4v) is 3.93. The second-order valence-corrected chi connectivity index (χ2v) is 8.06. The summed E-state index contributed by atoms with van der Waals surface area (Å²) in [5.74, 6) is -2.97. The van der Waals surface area contributed by atoms with E-state index in [2.05, 4.69) is 15.6 Å². The molecule has 4 aromatic rings. The molecule has 0 saturated carbocycles. The number of amides is 1. The van der Waals surface area contributed by atoms with Gasteiger partial charge in [0.15, 0.2) is 5.65 Å². The average Bonchev–Trinajstić information content (AvgIpc) is 3.35. The first-order chi connectivity index (χ1) is 16.6. The molecule has 3 N–H and O–H groups in total. The smallest absolute Gasteiger partial charge is 0.475 e. The number of hydrogen-bond donors (Lipinski definition) is 3. The van der Waals surface area contributed by atoms with Gasteiger partial charge in [-0.05, 0) is 54.4 Å². The fourth-order valence-electron chi connectivity index (χ4n) is 3.93. The Morgan fingerprint density at radius 2 is 1.83 bits per heavy atom. The maximum absolute atomic E-state index is 13.1. The first-order valence-electron chi connectivity index (χ1n) is 10.8. The Labute approximate surface area is 196 Å². The van der Waals surface area contributed by atoms with E-state index >= 15 is 0 Å². The van der Waals surface area contributed by atoms with Crippen LogP contribution in [-0.2, 0) is 4.79 Å². The molecule has 1 aliphatic heterocycles. The molecule has 1 unspecified atom stereocenters. The van der Waals surface area contributed by atoms with Gasteiger partial charge in [0.05, 0.1) is 16.5 Å². The maximum Gasteiger partial charge on any atom is 0.490 e. The van der Waals surface area contributed by atoms with Gasteiger partial charge in [0.1, 0.15) is 0 Å². The number of aromatic nitrogens is 2. The number of alkyl halides is 3. The van der Waals surface area contributed by atoms with E-state index in [1.807, 2.05) is 36.4 Å². The Morgan fingerprint density at radius 3 is 2.46 bits per heavy atom. The monoisotopic (exact) mass is 486 g/mol. The van der Waals surface area contributed by atoms with Crippen LogP contribution in [0, 0.1) is 0 Å². The van der Waals surface area contributed by atoms with Crippen molar-refractivity contribution in [2.75, 3.05) is 13.1 Å². The minimum atomic E-state index is -5.08. The number of carbonyl (C=O) groups excluding carboxylic acids is 1. The highest BCUT2D eigenvalue weighted by atomic mass is 19.4. The standard InChI is InChI=1S/C22H20N4O2.C2HF3O2/c27-21(24-13-16-7-3-9-23-16)17-8-4-10-26-20(17)25-19-12-15-6-2-1-5-14(15)11-18(19)22(26)28;3-2(4,5)1(6)7/h1-2,4-6,8,10-12,16,23H,3,7,9,13H2,(H,24,27);(H,6,7). The number of benzene rings is 2. The number of nitrogens with one attached hydrogen (secondary N) is 2. The highest BCUT2D eigenvalue weighted by molar-refractivity contribution is 6.02. The Balaban J connectivity index is 0.000000364. The van der Waals surface area contributed by atoms with E-state index < -0.39 is 12.1 Å². The molecule has 0 radical (unpaired) electrons. The minimum Gasteiger partial charge on any atom is -0.475 e. The molecule has 2 aromatic heterocycles. The summed E-state index contributed by atoms with van der Waals surface area (Å²) in [6.45, 7) is 1.56. The van der Waals surface area contributed by atoms with Crippen molar-refractivity contribution < 1.29 is 27.9 Å². The molecule has 5 rings (SSSR count). The average molecular weight is 486 g/mol. The molecular weight excluding hydrogens is 465 g/mol. The highest BCUT2D eigenvalue weighted by Gasteiger charge is 2.38. The van der Waals surface area contributed by atoms with Crippen molar-refractivity contribution in [2.24, 2.45) is 0 Å². The summed E-state index contributed by atoms with van der Waals surface area (Å²) in [6.07, 6.45) is -1.23. The van der Waals surface area contributed by atoms with Crippen LogP contribution in [0.5, 0.6) is 0 Å². The number of fused-ring (bicyclic) bond motifs is 3. The molecule has 1 fully saturated rings. The van der Waals surface area contributed by atoms with Crippen LogP contribution in [0.15, 0.2) is 59.5 Å². The van der Waals surface area contributed by atoms with Crippen LogP contribution >= 0.6 is 0 Å². The molecule has 1 amide bonds. The largest absolute Gasteiger partial charge is 0.490 e. The van der Waals surface area contributed by atoms with Gasteiger partial charge in [-0.3, -0.25) is 14.0 Å². The van der Waals surface area contributed by atoms with Gasteiger partial charge in [-0.25, -0.2) is 9.78 Å². The summed E-state index contributed by atoms with van der Waals surface area (Å²) in [4.78, 5) is 39.4. The summed E-state index contributed by atoms with van der Waals surface area (Å²) in [6, 6.07) is 15.4. The summed E-state index contributed by atoms with van der Waals surface area (Å²) in [5.41, 5.74) is 1.22. The van der Waals surface area contributed by atoms with Gasteiger partial charge < -0.3 is 15.7 Å². The van der Waals surface area contributed by atoms with Gasteiger partial charge in [0.2, 0.25) is 0 Å². The van der Waals surface area contributed by atoms with Gasteiger partial charge in [0, 0.05) is 18.8 Å². The number of nitrogens with zero attached hydrogens (tertiary/aromatic N) is 2. The topological polar surface area (TPSA) is 113 Å². The van der Waals surface area contributed by atoms with Gasteiger partial charge in [-0.15, -0.1) is 0 Å². The summed E-state index contributed by atoms with van der Waals surface area (Å²) >= 11 is 0. The summed E-state index contributed by atoms with van der Waals surface area (Å²) < 4.78 is 33.2. The lowest BCUT2D eigenvalue weighted by atomic mass is 10.1. The molecule has 0 bridgehead atoms. The summed E-state index contributed by atoms with van der Waals surface area (Å²) in [7, 11) is 0. The van der Waals surface area contributed by atoms with E-state index in [9.17, 15) is 22.8 Å². The second-order valence-electron chi connectivity index (χ2n) is 8.06. The SMILES string of the molecule is O=C(NCC1CCCN1)c1cccn2c(=O)c3cc4ccccc4cc3nc12.O=C(O)C(F)(F)F. The molecule has 1 atom stereocenters. The summed E-state index contributed by atoms with van der Waals surface area (Å²) in [5, 5.41) is 16.0. The van der Waals surface area contributed by atoms with Crippen LogP contribution in [0.3, 0.4) is 0 Å². The number of hydrogen-bond acceptors (Lipinski definition) is 5. The number of carbonyl (C=O) groups is 2. The first kappa shape index (κ1) is 24.1. The minimum absolute atomic E-state index is 0.169. The molecule has 0 spiro atoms. The lowest BCUT2D eigenvalue weighted by molar-refractivity contribution is -0.192. The van der Waals surface area contributed by atoms with Crippen LogP contribution in [0.1, 0.15) is 23.2 Å². The van der Waals surface area contributed by atoms with Crippen molar-refractivity contribution >= 4 is 39.2 Å². The predicted molar refractivity (Wildman–Crippen MR) is 124 cm³/mol. The van der Waals surface area contributed by atoms with Gasteiger partial charge in [-0.1, -0.05) is 24.3 Å². The van der Waals surface area contributed by atoms with E-state index in [4.69, 9.17) is 9.90 Å². The molecule has 2 aromatic carbocycles. The third-order valence-corrected chi connectivity index (χ3v) is 5.67. The molecule has 11 heteroatoms. The number of aliphatic carboxylic acids is 1. The lowest BCUT2D eigenvalue weighted by Gasteiger charge is -2.13. The van der Waals surface area contributed by atoms with E-state index in [-0.39, 0.29) is 11.5 Å². The van der Waals surface area contributed by atoms with Gasteiger partial charge in [-0.2, -0.15) is 13.2 Å². The van der Waals surface area contributed by atoms with Gasteiger partial charge >= 0.3 is 12.1 Å². The van der Waals surface area contributed by atoms with Crippen molar-refractivity contribution in [1.82, 2.24) is 20.0 Å². The molecular formula is C24H21F3N4O4. The third-order valence-electron chi connectivity index (χ3n) is 5.67. The second kappa shape index (κ2) is 9.71. The van der Waals surface area contributed by atoms with E-state index in [1.165, 1.54) is 4.40 Å². The van der Waals surface area contributed by atoms with Crippen molar-refractivity contribution in [2.45, 2.75) is 25.1 Å². The van der Waals surface area contributed by atoms with E-state index in [1.54, 1.807) is 18.3 Å². The fraction of sp³-hybridized carbons (Fsp3) is 0.250. The highest BCUT2D eigenvalue weighted by Crippen LogP contribution is 2.21. The Morgan fingerprint density at radius 1 is 1.14 bits per heavy atom. The maximum atomic E-state index is 13.1. The molecule has 35 heavy (non-hydrogen) atoms. The van der Waals surface area contributed by atoms with E-state index in [0.717, 1.165) is 30.2 Å². The van der Waals surface area contributed by atoms with Crippen molar-refractivity contribution in [1.29, 1.82) is 0 Å². The molecule has 182 valence electrons. The third kappa shape index (κ3) is 5.24. The zero-order valence-corrected chi connectivity index (χ0v) is 18.3. The normalized spacial score (nSPS) is 15.7. The lowest BCUT2D eigenvalue weighted by Crippen LogP contribution is -2.37. The van der Waals surface area contributed by atoms with Crippen LogP contribution < -0.4 is 16.2 Å². The molecule has 1 aliphatic rings. The first-order valence-corrected chi connectivity index (χ1v) is 10.8. The Bertz CT molecular complexity index is 1480. The number of carboxylic acid groups (broad SMARTS) is 1. The van der Waals surface area contributed by atoms with Crippen LogP contribution in [0.4, 0.5) is 13.2 Å². The van der Waals surface area contributed by atoms with Gasteiger partial charge in [0.25, 0.3) is 11.5 Å². The quantitative estimate of drug-likeness (QED) is 0.384. The molecule has 3 heterocycles. The van der Waals surface area contributed by atoms with Crippen molar-refractivity contribution in [3.05, 3.63) is 70.6 Å². The number of pyridine rings is 1. The number of halogens is 3. The van der Waals surface area contributed by atoms with Crippen molar-refractivity contribution in [3.63, 3.8) is 0 Å². The molecule has 8 nitrogen and oxygen atoms in total. The molecule has 0 aliphatic carbocycles. The number of carboxylic acids is 1. The number of rotatable bonds is 3. The zero-order chi connectivity index (χ0) is 25.2. The molecule has 1 saturated heterocycles. The Kier molecular flexibility index (Phi) is 6.70. The zero-order valence-electron chi connectivity index (χ0n) is 18.3. The Hall–Kier alpha value is -3.99. The predicted octanol–water partition coefficient (Wildman–Crippen LogP) is 3.12. The van der Waals surface area contributed by atoms with Crippen molar-refractivity contribution in [3.8, 4) is 0 Å². The van der Waals surface area contributed by atoms with Crippen LogP contribution in [0.25, 0.3) is 27.3 Å².